The Labute approximate surface area is 455 Å². The molecule has 2 unspecified atom stereocenters. The number of benzene rings is 1. The van der Waals surface area contributed by atoms with E-state index in [4.69, 9.17) is 10.7 Å². The predicted octanol–water partition coefficient (Wildman–Crippen LogP) is 18.5. The molecule has 1 heteroatoms. The number of hydrogen-bond acceptors (Lipinski definition) is 1. The second-order valence-corrected chi connectivity index (χ2v) is 36.1. The van der Waals surface area contributed by atoms with Crippen LogP contribution in [0.4, 0.5) is 0 Å². The van der Waals surface area contributed by atoms with E-state index in [1.165, 1.54) is 19.3 Å². The van der Waals surface area contributed by atoms with Crippen molar-refractivity contribution >= 4 is 0 Å². The van der Waals surface area contributed by atoms with E-state index in [0.29, 0.717) is 32.5 Å². The van der Waals surface area contributed by atoms with Crippen molar-refractivity contribution in [2.24, 2.45) is 161 Å². The Morgan fingerprint density at radius 2 is 0.600 bits per heavy atom. The van der Waals surface area contributed by atoms with E-state index in [-0.39, 0.29) is 16.2 Å². The molecule has 75 heavy (non-hydrogen) atoms. The minimum atomic E-state index is -0.145. The van der Waals surface area contributed by atoms with Crippen LogP contribution in [0, 0.1) is 173 Å². The van der Waals surface area contributed by atoms with Gasteiger partial charge in [-0.25, -0.2) is 0 Å². The molecule has 24 fully saturated rings. The summed E-state index contributed by atoms with van der Waals surface area (Å²) in [7, 11) is 0. The van der Waals surface area contributed by atoms with Gasteiger partial charge in [-0.2, -0.15) is 0 Å². The molecule has 0 aromatic heterocycles. The monoisotopic (exact) mass is 1000 g/mol. The molecule has 0 heterocycles. The molecule has 0 amide bonds. The lowest BCUT2D eigenvalue weighted by atomic mass is 9.11. The molecule has 400 valence electrons. The van der Waals surface area contributed by atoms with Gasteiger partial charge in [0.2, 0.25) is 0 Å². The third-order valence-electron chi connectivity index (χ3n) is 32.4. The molecule has 1 nitrogen and oxygen atoms in total. The van der Waals surface area contributed by atoms with Gasteiger partial charge in [0.05, 0.1) is 5.41 Å². The maximum Gasteiger partial charge on any atom is 0.140 e. The molecular weight excluding hydrogens is 905 g/mol. The van der Waals surface area contributed by atoms with E-state index >= 15 is 0 Å². The SMILES string of the molecule is C(#CC1(C23CC4CC(CC(C4)C2)C3)C=CC(C23CC4CC(CC(C4)C2)C3)C(C23CC4CC(CC(C4)C2)C3)(C23CC4CC(CC(C4)C2)C3)C1(C12CC3CC(CC(C3)C1)C2)C12CC3CC(CC(C3)C1)C2)Oc1ccccc1. The molecule has 2 atom stereocenters. The largest absolute Gasteiger partial charge is 0.408 e. The molecule has 0 saturated heterocycles. The van der Waals surface area contributed by atoms with Crippen LogP contribution in [-0.2, 0) is 0 Å². The highest BCUT2D eigenvalue weighted by atomic mass is 16.5. The van der Waals surface area contributed by atoms with Gasteiger partial charge in [-0.15, -0.1) is 0 Å². The van der Waals surface area contributed by atoms with Crippen LogP contribution in [0.3, 0.4) is 0 Å². The highest BCUT2D eigenvalue weighted by Crippen LogP contribution is 2.98. The summed E-state index contributed by atoms with van der Waals surface area (Å²) in [6, 6.07) is 11.2. The second-order valence-electron chi connectivity index (χ2n) is 36.1. The zero-order valence-corrected chi connectivity index (χ0v) is 46.9. The maximum atomic E-state index is 7.33. The Morgan fingerprint density at radius 3 is 0.920 bits per heavy atom. The lowest BCUT2D eigenvalue weighted by Gasteiger charge is -2.91. The summed E-state index contributed by atoms with van der Waals surface area (Å²) < 4.78 is 7.33. The van der Waals surface area contributed by atoms with Crippen LogP contribution < -0.4 is 4.74 Å². The highest BCUT2D eigenvalue weighted by Gasteiger charge is 2.93. The standard InChI is InChI=1S/C74H98O/c1-2-4-64(5-3-1)75-9-8-72(67-31-49-13-50(32-67)15-51(14-49)33-67)7-6-65(66-28-46-10-47(29-66)12-48(11-46)30-66)73(68-34-52-16-53(35-68)18-54(17-52)36-68,69-37-55-19-56(38-69)21-57(20-55)39-69)74(72,70-40-58-22-59(41-70)24-60(23-58)42-70)71-43-61-25-62(44-71)27-63(26-61)45-71/h1-7,46-63,65H,10-45H2. The number of hydrogen-bond donors (Lipinski definition) is 0. The first-order valence-corrected chi connectivity index (χ1v) is 34.5. The molecule has 25 aliphatic rings. The molecule has 25 aliphatic carbocycles. The van der Waals surface area contributed by atoms with Crippen molar-refractivity contribution in [2.45, 2.75) is 231 Å². The fraction of sp³-hybridized carbons (Fsp3) is 0.865. The zero-order chi connectivity index (χ0) is 48.6. The van der Waals surface area contributed by atoms with E-state index in [2.05, 4.69) is 48.6 Å². The van der Waals surface area contributed by atoms with Crippen LogP contribution in [-0.4, -0.2) is 0 Å². The van der Waals surface area contributed by atoms with Crippen LogP contribution in [0.2, 0.25) is 0 Å². The first-order chi connectivity index (χ1) is 36.6. The molecule has 1 aromatic carbocycles. The molecule has 0 N–H and O–H groups in total. The van der Waals surface area contributed by atoms with Gasteiger partial charge in [0.15, 0.2) is 0 Å². The van der Waals surface area contributed by atoms with Gasteiger partial charge in [0.1, 0.15) is 11.9 Å². The predicted molar refractivity (Wildman–Crippen MR) is 298 cm³/mol. The average Bonchev–Trinajstić information content (AvgIpc) is 3.34. The zero-order valence-electron chi connectivity index (χ0n) is 46.9. The molecule has 0 spiro atoms. The summed E-state index contributed by atoms with van der Waals surface area (Å²) in [6.45, 7) is 0. The Hall–Kier alpha value is -1.68. The third kappa shape index (κ3) is 5.44. The van der Waals surface area contributed by atoms with Crippen LogP contribution >= 0.6 is 0 Å². The fourth-order valence-corrected chi connectivity index (χ4v) is 34.9. The van der Waals surface area contributed by atoms with E-state index in [9.17, 15) is 0 Å². The number of para-hydroxylation sites is 1. The molecule has 0 radical (unpaired) electrons. The Morgan fingerprint density at radius 1 is 0.320 bits per heavy atom. The third-order valence-corrected chi connectivity index (χ3v) is 32.4. The maximum absolute atomic E-state index is 7.33. The minimum absolute atomic E-state index is 0.145. The van der Waals surface area contributed by atoms with Gasteiger partial charge >= 0.3 is 0 Å². The Balaban J connectivity index is 1.00. The Kier molecular flexibility index (Phi) is 8.80. The topological polar surface area (TPSA) is 9.23 Å². The van der Waals surface area contributed by atoms with Crippen molar-refractivity contribution in [1.29, 1.82) is 0 Å². The van der Waals surface area contributed by atoms with Crippen LogP contribution in [0.25, 0.3) is 0 Å². The smallest absolute Gasteiger partial charge is 0.140 e. The van der Waals surface area contributed by atoms with E-state index in [1.807, 2.05) is 0 Å². The van der Waals surface area contributed by atoms with Gasteiger partial charge in [-0.05, 0) is 400 Å². The molecular formula is C74H98O. The van der Waals surface area contributed by atoms with Crippen LogP contribution in [0.15, 0.2) is 42.5 Å². The van der Waals surface area contributed by atoms with Gasteiger partial charge in [-0.1, -0.05) is 30.4 Å². The van der Waals surface area contributed by atoms with E-state index < -0.39 is 0 Å². The van der Waals surface area contributed by atoms with E-state index in [0.717, 1.165) is 118 Å². The first kappa shape index (κ1) is 45.0. The second kappa shape index (κ2) is 14.7. The molecule has 24 saturated carbocycles. The number of allylic oxidation sites excluding steroid dienone is 2. The van der Waals surface area contributed by atoms with Gasteiger partial charge in [0, 0.05) is 5.41 Å². The lowest BCUT2D eigenvalue weighted by Crippen LogP contribution is -2.87. The molecule has 0 aliphatic heterocycles. The summed E-state index contributed by atoms with van der Waals surface area (Å²) in [5.74, 6) is 24.6. The summed E-state index contributed by atoms with van der Waals surface area (Å²) in [5.41, 5.74) is 2.78. The first-order valence-electron chi connectivity index (χ1n) is 34.5. The van der Waals surface area contributed by atoms with Crippen molar-refractivity contribution < 1.29 is 4.74 Å². The van der Waals surface area contributed by atoms with Crippen molar-refractivity contribution in [3.8, 4) is 17.8 Å². The summed E-state index contributed by atoms with van der Waals surface area (Å²) in [5, 5.41) is 0. The van der Waals surface area contributed by atoms with E-state index in [1.54, 1.807) is 212 Å². The highest BCUT2D eigenvalue weighted by molar-refractivity contribution is 5.49. The van der Waals surface area contributed by atoms with Crippen LogP contribution in [0.1, 0.15) is 231 Å². The van der Waals surface area contributed by atoms with Crippen molar-refractivity contribution in [3.05, 3.63) is 42.5 Å². The summed E-state index contributed by atoms with van der Waals surface area (Å²) in [4.78, 5) is 0. The normalized spacial score (nSPS) is 63.3. The van der Waals surface area contributed by atoms with Crippen molar-refractivity contribution in [1.82, 2.24) is 0 Å². The molecule has 24 bridgehead atoms. The molecule has 26 rings (SSSR count). The Bertz CT molecular complexity index is 2340. The molecule has 1 aromatic rings. The summed E-state index contributed by atoms with van der Waals surface area (Å²) >= 11 is 0. The van der Waals surface area contributed by atoms with Crippen LogP contribution in [0.5, 0.6) is 5.75 Å². The van der Waals surface area contributed by atoms with Crippen molar-refractivity contribution in [2.75, 3.05) is 0 Å². The minimum Gasteiger partial charge on any atom is -0.408 e. The fourth-order valence-electron chi connectivity index (χ4n) is 34.9. The summed E-state index contributed by atoms with van der Waals surface area (Å²) in [6.07, 6.45) is 68.9. The quantitative estimate of drug-likeness (QED) is 0.195. The average molecular weight is 1000 g/mol. The van der Waals surface area contributed by atoms with Gasteiger partial charge < -0.3 is 4.74 Å². The van der Waals surface area contributed by atoms with Crippen molar-refractivity contribution in [3.63, 3.8) is 0 Å². The number of rotatable bonds is 7. The van der Waals surface area contributed by atoms with Gasteiger partial charge in [0.25, 0.3) is 0 Å². The van der Waals surface area contributed by atoms with Gasteiger partial charge in [-0.3, -0.25) is 0 Å². The number of ether oxygens (including phenoxy) is 1. The lowest BCUT2D eigenvalue weighted by molar-refractivity contribution is -0.428.